The first-order valence-electron chi connectivity index (χ1n) is 4.08. The number of pyridine rings is 1. The fourth-order valence-corrected chi connectivity index (χ4v) is 0.947. The maximum Gasteiger partial charge on any atom is 0.214 e. The standard InChI is InChI=1S/C9H12ClNO/c1-2-3-7-12-9-6-4-5-8(10)11-9/h4-6H,2-3,7H2,1H3. The Hall–Kier alpha value is -0.760. The molecule has 0 aromatic carbocycles. The highest BCUT2D eigenvalue weighted by Gasteiger charge is 1.94. The molecule has 1 heterocycles. The quantitative estimate of drug-likeness (QED) is 0.532. The first-order chi connectivity index (χ1) is 5.83. The van der Waals surface area contributed by atoms with Crippen LogP contribution in [-0.4, -0.2) is 11.6 Å². The van der Waals surface area contributed by atoms with Crippen molar-refractivity contribution in [2.75, 3.05) is 6.61 Å². The minimum Gasteiger partial charge on any atom is -0.478 e. The van der Waals surface area contributed by atoms with Gasteiger partial charge in [-0.15, -0.1) is 0 Å². The minimum atomic E-state index is 0.476. The molecule has 0 fully saturated rings. The van der Waals surface area contributed by atoms with Gasteiger partial charge in [0.05, 0.1) is 6.61 Å². The number of aromatic nitrogens is 1. The van der Waals surface area contributed by atoms with Crippen LogP contribution >= 0.6 is 11.6 Å². The molecule has 0 aliphatic heterocycles. The van der Waals surface area contributed by atoms with Crippen molar-refractivity contribution in [2.24, 2.45) is 0 Å². The van der Waals surface area contributed by atoms with E-state index in [1.54, 1.807) is 6.07 Å². The average molecular weight is 186 g/mol. The van der Waals surface area contributed by atoms with Gasteiger partial charge in [0.1, 0.15) is 5.15 Å². The molecule has 0 saturated carbocycles. The predicted molar refractivity (Wildman–Crippen MR) is 49.7 cm³/mol. The summed E-state index contributed by atoms with van der Waals surface area (Å²) in [5, 5.41) is 0.476. The van der Waals surface area contributed by atoms with Gasteiger partial charge in [-0.3, -0.25) is 0 Å². The molecule has 0 bridgehead atoms. The number of ether oxygens (including phenoxy) is 1. The summed E-state index contributed by atoms with van der Waals surface area (Å²) < 4.78 is 5.33. The van der Waals surface area contributed by atoms with Gasteiger partial charge >= 0.3 is 0 Å². The molecule has 12 heavy (non-hydrogen) atoms. The molecule has 0 saturated heterocycles. The van der Waals surface area contributed by atoms with Crippen molar-refractivity contribution in [3.63, 3.8) is 0 Å². The van der Waals surface area contributed by atoms with E-state index in [1.807, 2.05) is 12.1 Å². The highest BCUT2D eigenvalue weighted by Crippen LogP contribution is 2.11. The topological polar surface area (TPSA) is 22.1 Å². The van der Waals surface area contributed by atoms with Crippen LogP contribution in [0.15, 0.2) is 18.2 Å². The number of rotatable bonds is 4. The molecule has 3 heteroatoms. The van der Waals surface area contributed by atoms with Gasteiger partial charge in [-0.2, -0.15) is 0 Å². The van der Waals surface area contributed by atoms with E-state index in [4.69, 9.17) is 16.3 Å². The van der Waals surface area contributed by atoms with Crippen molar-refractivity contribution in [1.82, 2.24) is 4.98 Å². The van der Waals surface area contributed by atoms with E-state index in [2.05, 4.69) is 11.9 Å². The molecule has 2 nitrogen and oxygen atoms in total. The Kier molecular flexibility index (Phi) is 3.88. The lowest BCUT2D eigenvalue weighted by molar-refractivity contribution is 0.298. The zero-order chi connectivity index (χ0) is 8.81. The summed E-state index contributed by atoms with van der Waals surface area (Å²) in [6.45, 7) is 2.83. The Morgan fingerprint density at radius 1 is 1.50 bits per heavy atom. The maximum absolute atomic E-state index is 5.67. The molecule has 0 radical (unpaired) electrons. The van der Waals surface area contributed by atoms with Crippen LogP contribution in [0.2, 0.25) is 5.15 Å². The Morgan fingerprint density at radius 2 is 2.33 bits per heavy atom. The fourth-order valence-electron chi connectivity index (χ4n) is 0.791. The monoisotopic (exact) mass is 185 g/mol. The lowest BCUT2D eigenvalue weighted by Crippen LogP contribution is -1.97. The first-order valence-corrected chi connectivity index (χ1v) is 4.46. The van der Waals surface area contributed by atoms with Gasteiger partial charge in [-0.25, -0.2) is 4.98 Å². The van der Waals surface area contributed by atoms with Crippen molar-refractivity contribution in [2.45, 2.75) is 19.8 Å². The molecule has 0 atom stereocenters. The summed E-state index contributed by atoms with van der Waals surface area (Å²) >= 11 is 5.67. The first kappa shape index (κ1) is 9.33. The molecule has 0 unspecified atom stereocenters. The van der Waals surface area contributed by atoms with E-state index in [9.17, 15) is 0 Å². The number of unbranched alkanes of at least 4 members (excludes halogenated alkanes) is 1. The van der Waals surface area contributed by atoms with Gasteiger partial charge in [0.15, 0.2) is 0 Å². The molecule has 0 N–H and O–H groups in total. The van der Waals surface area contributed by atoms with E-state index < -0.39 is 0 Å². The smallest absolute Gasteiger partial charge is 0.214 e. The summed E-state index contributed by atoms with van der Waals surface area (Å²) in [6.07, 6.45) is 2.18. The number of hydrogen-bond donors (Lipinski definition) is 0. The third kappa shape index (κ3) is 3.09. The van der Waals surface area contributed by atoms with Crippen LogP contribution in [0.3, 0.4) is 0 Å². The summed E-state index contributed by atoms with van der Waals surface area (Å²) in [5.74, 6) is 0.607. The molecule has 0 amide bonds. The molecule has 0 aliphatic carbocycles. The second-order valence-corrected chi connectivity index (χ2v) is 2.89. The van der Waals surface area contributed by atoms with Crippen molar-refractivity contribution in [1.29, 1.82) is 0 Å². The van der Waals surface area contributed by atoms with Gasteiger partial charge in [-0.05, 0) is 12.5 Å². The molecule has 0 aliphatic rings. The summed E-state index contributed by atoms with van der Waals surface area (Å²) in [4.78, 5) is 3.99. The third-order valence-electron chi connectivity index (χ3n) is 1.44. The number of nitrogens with zero attached hydrogens (tertiary/aromatic N) is 1. The Bertz CT molecular complexity index is 240. The van der Waals surface area contributed by atoms with Gasteiger partial charge < -0.3 is 4.74 Å². The van der Waals surface area contributed by atoms with Gasteiger partial charge in [0.25, 0.3) is 0 Å². The van der Waals surface area contributed by atoms with Crippen LogP contribution in [0.1, 0.15) is 19.8 Å². The predicted octanol–water partition coefficient (Wildman–Crippen LogP) is 2.91. The molecular weight excluding hydrogens is 174 g/mol. The molecule has 66 valence electrons. The van der Waals surface area contributed by atoms with Crippen LogP contribution in [0, 0.1) is 0 Å². The zero-order valence-corrected chi connectivity index (χ0v) is 7.84. The average Bonchev–Trinajstić information content (AvgIpc) is 2.05. The molecule has 1 aromatic heterocycles. The van der Waals surface area contributed by atoms with Crippen molar-refractivity contribution >= 4 is 11.6 Å². The summed E-state index contributed by atoms with van der Waals surface area (Å²) in [7, 11) is 0. The van der Waals surface area contributed by atoms with E-state index >= 15 is 0 Å². The van der Waals surface area contributed by atoms with E-state index in [0.29, 0.717) is 17.6 Å². The van der Waals surface area contributed by atoms with Crippen molar-refractivity contribution in [3.05, 3.63) is 23.4 Å². The Balaban J connectivity index is 2.41. The largest absolute Gasteiger partial charge is 0.478 e. The normalized spacial score (nSPS) is 9.83. The second-order valence-electron chi connectivity index (χ2n) is 2.50. The third-order valence-corrected chi connectivity index (χ3v) is 1.65. The summed E-state index contributed by atoms with van der Waals surface area (Å²) in [5.41, 5.74) is 0. The number of halogens is 1. The van der Waals surface area contributed by atoms with Crippen LogP contribution < -0.4 is 4.74 Å². The van der Waals surface area contributed by atoms with Crippen LogP contribution in [0.4, 0.5) is 0 Å². The van der Waals surface area contributed by atoms with Crippen LogP contribution in [0.25, 0.3) is 0 Å². The summed E-state index contributed by atoms with van der Waals surface area (Å²) in [6, 6.07) is 5.37. The zero-order valence-electron chi connectivity index (χ0n) is 7.09. The van der Waals surface area contributed by atoms with Gasteiger partial charge in [0, 0.05) is 6.07 Å². The lowest BCUT2D eigenvalue weighted by Gasteiger charge is -2.02. The Morgan fingerprint density at radius 3 is 3.00 bits per heavy atom. The van der Waals surface area contributed by atoms with Crippen LogP contribution in [-0.2, 0) is 0 Å². The number of hydrogen-bond acceptors (Lipinski definition) is 2. The van der Waals surface area contributed by atoms with Crippen molar-refractivity contribution < 1.29 is 4.74 Å². The SMILES string of the molecule is CCCCOc1cccc(Cl)n1. The highest BCUT2D eigenvalue weighted by molar-refractivity contribution is 6.29. The van der Waals surface area contributed by atoms with Gasteiger partial charge in [-0.1, -0.05) is 31.0 Å². The maximum atomic E-state index is 5.67. The fraction of sp³-hybridized carbons (Fsp3) is 0.444. The highest BCUT2D eigenvalue weighted by atomic mass is 35.5. The Labute approximate surface area is 77.5 Å². The van der Waals surface area contributed by atoms with E-state index in [1.165, 1.54) is 0 Å². The van der Waals surface area contributed by atoms with E-state index in [0.717, 1.165) is 12.8 Å². The second kappa shape index (κ2) is 4.99. The van der Waals surface area contributed by atoms with Crippen LogP contribution in [0.5, 0.6) is 5.88 Å². The molecule has 1 rings (SSSR count). The van der Waals surface area contributed by atoms with E-state index in [-0.39, 0.29) is 0 Å². The lowest BCUT2D eigenvalue weighted by atomic mass is 10.4. The minimum absolute atomic E-state index is 0.476. The molecule has 1 aromatic rings. The molecular formula is C9H12ClNO. The van der Waals surface area contributed by atoms with Crippen molar-refractivity contribution in [3.8, 4) is 5.88 Å². The molecule has 0 spiro atoms. The van der Waals surface area contributed by atoms with Gasteiger partial charge in [0.2, 0.25) is 5.88 Å².